The molecule has 0 aliphatic carbocycles. The number of nitrogens with two attached hydrogens (primary N) is 1. The van der Waals surface area contributed by atoms with Crippen LogP contribution in [0.5, 0.6) is 0 Å². The molecule has 1 aromatic carbocycles. The smallest absolute Gasteiger partial charge is 0.225 e. The van der Waals surface area contributed by atoms with Crippen molar-refractivity contribution in [2.75, 3.05) is 75.2 Å². The summed E-state index contributed by atoms with van der Waals surface area (Å²) in [6, 6.07) is 9.86. The summed E-state index contributed by atoms with van der Waals surface area (Å²) in [5.41, 5.74) is 7.47. The van der Waals surface area contributed by atoms with Crippen LogP contribution in [0.3, 0.4) is 0 Å². The monoisotopic (exact) mass is 428 g/mol. The van der Waals surface area contributed by atoms with Crippen LogP contribution in [0.4, 0.5) is 11.6 Å². The highest BCUT2D eigenvalue weighted by Crippen LogP contribution is 2.19. The Bertz CT molecular complexity index is 813. The second-order valence-electron chi connectivity index (χ2n) is 7.57. The Hall–Kier alpha value is -2.58. The van der Waals surface area contributed by atoms with Crippen LogP contribution in [-0.4, -0.2) is 91.2 Å². The van der Waals surface area contributed by atoms with Crippen molar-refractivity contribution in [2.45, 2.75) is 0 Å². The van der Waals surface area contributed by atoms with Gasteiger partial charge in [0.05, 0.1) is 6.54 Å². The molecule has 2 fully saturated rings. The predicted molar refractivity (Wildman–Crippen MR) is 122 cm³/mol. The Morgan fingerprint density at radius 1 is 0.900 bits per heavy atom. The molecular weight excluding hydrogens is 400 g/mol. The molecule has 8 nitrogen and oxygen atoms in total. The molecule has 3 heterocycles. The normalized spacial score (nSPS) is 18.7. The van der Waals surface area contributed by atoms with Gasteiger partial charge in [-0.1, -0.05) is 11.6 Å². The third-order valence-electron chi connectivity index (χ3n) is 5.69. The first-order valence-electron chi connectivity index (χ1n) is 10.5. The van der Waals surface area contributed by atoms with Crippen molar-refractivity contribution < 1.29 is 0 Å². The summed E-state index contributed by atoms with van der Waals surface area (Å²) in [7, 11) is 0. The average Bonchev–Trinajstić information content (AvgIpc) is 2.81. The lowest BCUT2D eigenvalue weighted by Gasteiger charge is -2.37. The number of halogens is 1. The number of benzene rings is 1. The first-order valence-corrected chi connectivity index (χ1v) is 10.9. The quantitative estimate of drug-likeness (QED) is 0.569. The van der Waals surface area contributed by atoms with Crippen molar-refractivity contribution in [3.05, 3.63) is 47.7 Å². The van der Waals surface area contributed by atoms with Gasteiger partial charge in [0.2, 0.25) is 5.95 Å². The van der Waals surface area contributed by atoms with Gasteiger partial charge in [0.15, 0.2) is 5.96 Å². The van der Waals surface area contributed by atoms with E-state index in [1.807, 2.05) is 18.2 Å². The molecule has 2 saturated heterocycles. The number of aliphatic imine (C=N–C) groups is 1. The van der Waals surface area contributed by atoms with Gasteiger partial charge in [-0.3, -0.25) is 9.89 Å². The van der Waals surface area contributed by atoms with Gasteiger partial charge >= 0.3 is 0 Å². The standard InChI is InChI=1S/C21H29ClN8/c22-18-2-4-19(5-3-18)28-14-16-29(17-15-28)20(23)24-8-9-27-10-12-30(13-11-27)21-25-6-1-7-26-21/h1-7H,8-17H2,(H2,23,24). The van der Waals surface area contributed by atoms with Gasteiger partial charge in [0.1, 0.15) is 0 Å². The van der Waals surface area contributed by atoms with Gasteiger partial charge in [-0.2, -0.15) is 0 Å². The number of hydrogen-bond donors (Lipinski definition) is 1. The molecule has 0 saturated carbocycles. The lowest BCUT2D eigenvalue weighted by molar-refractivity contribution is 0.263. The van der Waals surface area contributed by atoms with E-state index >= 15 is 0 Å². The summed E-state index contributed by atoms with van der Waals surface area (Å²) in [4.78, 5) is 22.5. The number of guanidine groups is 1. The zero-order chi connectivity index (χ0) is 20.8. The lowest BCUT2D eigenvalue weighted by Crippen LogP contribution is -2.51. The van der Waals surface area contributed by atoms with Crippen LogP contribution in [0, 0.1) is 0 Å². The van der Waals surface area contributed by atoms with Crippen molar-refractivity contribution >= 4 is 29.2 Å². The number of nitrogens with zero attached hydrogens (tertiary/aromatic N) is 7. The Labute approximate surface area is 183 Å². The zero-order valence-corrected chi connectivity index (χ0v) is 18.0. The fourth-order valence-corrected chi connectivity index (χ4v) is 4.00. The van der Waals surface area contributed by atoms with Crippen LogP contribution < -0.4 is 15.5 Å². The summed E-state index contributed by atoms with van der Waals surface area (Å²) in [6.45, 7) is 9.15. The van der Waals surface area contributed by atoms with E-state index in [1.165, 1.54) is 5.69 Å². The Morgan fingerprint density at radius 3 is 2.20 bits per heavy atom. The second-order valence-corrected chi connectivity index (χ2v) is 8.00. The molecule has 4 rings (SSSR count). The van der Waals surface area contributed by atoms with E-state index in [0.717, 1.165) is 76.4 Å². The minimum Gasteiger partial charge on any atom is -0.370 e. The van der Waals surface area contributed by atoms with E-state index in [1.54, 1.807) is 12.4 Å². The molecule has 30 heavy (non-hydrogen) atoms. The molecule has 0 unspecified atom stereocenters. The highest BCUT2D eigenvalue weighted by atomic mass is 35.5. The van der Waals surface area contributed by atoms with E-state index in [0.29, 0.717) is 5.96 Å². The minimum absolute atomic E-state index is 0.655. The maximum atomic E-state index is 6.26. The maximum Gasteiger partial charge on any atom is 0.225 e. The Kier molecular flexibility index (Phi) is 6.86. The molecule has 0 radical (unpaired) electrons. The van der Waals surface area contributed by atoms with E-state index in [-0.39, 0.29) is 0 Å². The summed E-state index contributed by atoms with van der Waals surface area (Å²) >= 11 is 5.98. The van der Waals surface area contributed by atoms with Crippen molar-refractivity contribution in [1.29, 1.82) is 0 Å². The number of aromatic nitrogens is 2. The number of anilines is 2. The van der Waals surface area contributed by atoms with Crippen molar-refractivity contribution in [3.63, 3.8) is 0 Å². The van der Waals surface area contributed by atoms with E-state index < -0.39 is 0 Å². The van der Waals surface area contributed by atoms with Crippen LogP contribution in [-0.2, 0) is 0 Å². The zero-order valence-electron chi connectivity index (χ0n) is 17.2. The first-order chi connectivity index (χ1) is 14.7. The van der Waals surface area contributed by atoms with Crippen LogP contribution in [0.15, 0.2) is 47.7 Å². The molecule has 0 bridgehead atoms. The third-order valence-corrected chi connectivity index (χ3v) is 5.94. The van der Waals surface area contributed by atoms with E-state index in [4.69, 9.17) is 17.3 Å². The van der Waals surface area contributed by atoms with Crippen molar-refractivity contribution in [3.8, 4) is 0 Å². The summed E-state index contributed by atoms with van der Waals surface area (Å²) in [5.74, 6) is 1.47. The lowest BCUT2D eigenvalue weighted by atomic mass is 10.2. The summed E-state index contributed by atoms with van der Waals surface area (Å²) in [5, 5.41) is 0.767. The number of piperazine rings is 2. The van der Waals surface area contributed by atoms with Gasteiger partial charge in [-0.25, -0.2) is 9.97 Å². The molecule has 0 spiro atoms. The molecule has 2 N–H and O–H groups in total. The molecule has 160 valence electrons. The largest absolute Gasteiger partial charge is 0.370 e. The molecule has 2 aliphatic heterocycles. The second kappa shape index (κ2) is 9.95. The fourth-order valence-electron chi connectivity index (χ4n) is 3.88. The first kappa shape index (κ1) is 20.7. The summed E-state index contributed by atoms with van der Waals surface area (Å²) in [6.07, 6.45) is 3.59. The topological polar surface area (TPSA) is 77.1 Å². The fraction of sp³-hybridized carbons (Fsp3) is 0.476. The third kappa shape index (κ3) is 5.31. The molecule has 2 aliphatic rings. The van der Waals surface area contributed by atoms with E-state index in [2.05, 4.69) is 46.7 Å². The Balaban J connectivity index is 1.18. The molecule has 9 heteroatoms. The van der Waals surface area contributed by atoms with Gasteiger partial charge in [-0.05, 0) is 30.3 Å². The molecule has 2 aromatic rings. The van der Waals surface area contributed by atoms with Crippen LogP contribution in [0.2, 0.25) is 5.02 Å². The maximum absolute atomic E-state index is 6.26. The van der Waals surface area contributed by atoms with Crippen LogP contribution in [0.1, 0.15) is 0 Å². The molecular formula is C21H29ClN8. The van der Waals surface area contributed by atoms with Gasteiger partial charge in [0, 0.05) is 82.0 Å². The number of hydrogen-bond acceptors (Lipinski definition) is 6. The molecule has 0 amide bonds. The molecule has 0 atom stereocenters. The van der Waals surface area contributed by atoms with Crippen LogP contribution >= 0.6 is 11.6 Å². The average molecular weight is 429 g/mol. The SMILES string of the molecule is NC(=NCCN1CCN(c2ncccn2)CC1)N1CCN(c2ccc(Cl)cc2)CC1. The van der Waals surface area contributed by atoms with Gasteiger partial charge in [0.25, 0.3) is 0 Å². The number of rotatable bonds is 5. The van der Waals surface area contributed by atoms with Gasteiger partial charge < -0.3 is 20.4 Å². The van der Waals surface area contributed by atoms with Gasteiger partial charge in [-0.15, -0.1) is 0 Å². The van der Waals surface area contributed by atoms with E-state index in [9.17, 15) is 0 Å². The van der Waals surface area contributed by atoms with Crippen LogP contribution in [0.25, 0.3) is 0 Å². The van der Waals surface area contributed by atoms with Crippen molar-refractivity contribution in [1.82, 2.24) is 19.8 Å². The summed E-state index contributed by atoms with van der Waals surface area (Å²) < 4.78 is 0. The highest BCUT2D eigenvalue weighted by Gasteiger charge is 2.20. The Morgan fingerprint density at radius 2 is 1.53 bits per heavy atom. The van der Waals surface area contributed by atoms with Crippen molar-refractivity contribution in [2.24, 2.45) is 10.7 Å². The minimum atomic E-state index is 0.655. The predicted octanol–water partition coefficient (Wildman–Crippen LogP) is 1.39. The highest BCUT2D eigenvalue weighted by molar-refractivity contribution is 6.30. The molecule has 1 aromatic heterocycles.